The van der Waals surface area contributed by atoms with Gasteiger partial charge in [0.1, 0.15) is 23.2 Å². The van der Waals surface area contributed by atoms with E-state index in [0.29, 0.717) is 38.6 Å². The van der Waals surface area contributed by atoms with E-state index in [1.54, 1.807) is 67.6 Å². The number of carbonyl (C=O) groups is 1. The molecule has 2 unspecified atom stereocenters. The Labute approximate surface area is 210 Å². The van der Waals surface area contributed by atoms with Crippen molar-refractivity contribution in [3.05, 3.63) is 101 Å². The number of ether oxygens (including phenoxy) is 2. The lowest BCUT2D eigenvalue weighted by Crippen LogP contribution is -2.28. The third-order valence-electron chi connectivity index (χ3n) is 5.51. The van der Waals surface area contributed by atoms with Crippen molar-refractivity contribution in [1.82, 2.24) is 0 Å². The van der Waals surface area contributed by atoms with E-state index < -0.39 is 29.5 Å². The van der Waals surface area contributed by atoms with Crippen LogP contribution in [0.15, 0.2) is 84.9 Å². The van der Waals surface area contributed by atoms with Crippen LogP contribution in [0.1, 0.15) is 24.0 Å². The fourth-order valence-electron chi connectivity index (χ4n) is 3.67. The summed E-state index contributed by atoms with van der Waals surface area (Å²) in [5.41, 5.74) is -0.238. The van der Waals surface area contributed by atoms with Gasteiger partial charge in [-0.25, -0.2) is 0 Å². The molecular weight excluding hydrogens is 491 g/mol. The summed E-state index contributed by atoms with van der Waals surface area (Å²) in [5.74, 6) is -0.236. The van der Waals surface area contributed by atoms with Crippen molar-refractivity contribution in [3.8, 4) is 23.3 Å². The van der Waals surface area contributed by atoms with Crippen molar-refractivity contribution >= 4 is 28.2 Å². The van der Waals surface area contributed by atoms with Crippen LogP contribution in [0.5, 0.6) is 17.2 Å². The van der Waals surface area contributed by atoms with Crippen molar-refractivity contribution in [3.63, 3.8) is 0 Å². The summed E-state index contributed by atoms with van der Waals surface area (Å²) >= 11 is 5.98. The maximum Gasteiger partial charge on any atom is 0.416 e. The van der Waals surface area contributed by atoms with Gasteiger partial charge >= 0.3 is 6.18 Å². The minimum atomic E-state index is -4.43. The van der Waals surface area contributed by atoms with E-state index in [-0.39, 0.29) is 0 Å². The summed E-state index contributed by atoms with van der Waals surface area (Å²) in [6, 6.07) is 23.4. The number of rotatable bonds is 7. The zero-order valence-electron chi connectivity index (χ0n) is 18.9. The first-order valence-corrected chi connectivity index (χ1v) is 11.3. The van der Waals surface area contributed by atoms with E-state index in [1.165, 1.54) is 12.1 Å². The van der Waals surface area contributed by atoms with Gasteiger partial charge in [-0.05, 0) is 83.9 Å². The first-order chi connectivity index (χ1) is 17.1. The summed E-state index contributed by atoms with van der Waals surface area (Å²) in [5, 5.41) is 11.0. The number of halogens is 4. The van der Waals surface area contributed by atoms with E-state index >= 15 is 0 Å². The Kier molecular flexibility index (Phi) is 7.18. The van der Waals surface area contributed by atoms with Gasteiger partial charge < -0.3 is 9.47 Å². The van der Waals surface area contributed by atoms with Crippen LogP contribution in [0, 0.1) is 11.3 Å². The standard InChI is InChI=1S/C28H19ClF3NO3/c1-17(27(34)26(16-33)19-3-2-4-22(29)14-19)35-23-9-11-24(12-10-23)36-25-8-6-18-5-7-21(28(30,31)32)13-20(18)15-25/h2-15,17,26H,1H3. The fraction of sp³-hybridized carbons (Fsp3) is 0.143. The monoisotopic (exact) mass is 509 g/mol. The molecule has 0 heterocycles. The Morgan fingerprint density at radius 3 is 2.22 bits per heavy atom. The molecule has 36 heavy (non-hydrogen) atoms. The van der Waals surface area contributed by atoms with Gasteiger partial charge in [-0.3, -0.25) is 4.79 Å². The number of hydrogen-bond donors (Lipinski definition) is 0. The second kappa shape index (κ2) is 10.3. The summed E-state index contributed by atoms with van der Waals surface area (Å²) in [6.07, 6.45) is -5.33. The van der Waals surface area contributed by atoms with Gasteiger partial charge in [0.05, 0.1) is 11.6 Å². The lowest BCUT2D eigenvalue weighted by molar-refractivity contribution is -0.137. The van der Waals surface area contributed by atoms with Crippen LogP contribution < -0.4 is 9.47 Å². The van der Waals surface area contributed by atoms with Gasteiger partial charge in [0.15, 0.2) is 11.9 Å². The molecule has 2 atom stereocenters. The third-order valence-corrected chi connectivity index (χ3v) is 5.74. The van der Waals surface area contributed by atoms with Crippen molar-refractivity contribution in [2.24, 2.45) is 0 Å². The molecule has 0 amide bonds. The molecule has 0 aliphatic heterocycles. The molecular formula is C28H19ClF3NO3. The molecule has 4 nitrogen and oxygen atoms in total. The van der Waals surface area contributed by atoms with Crippen molar-refractivity contribution < 1.29 is 27.4 Å². The second-order valence-corrected chi connectivity index (χ2v) is 8.51. The zero-order valence-corrected chi connectivity index (χ0v) is 19.7. The third kappa shape index (κ3) is 5.78. The van der Waals surface area contributed by atoms with Crippen LogP contribution in [-0.4, -0.2) is 11.9 Å². The normalized spacial score (nSPS) is 13.0. The molecule has 0 spiro atoms. The molecule has 4 aromatic rings. The van der Waals surface area contributed by atoms with Crippen LogP contribution in [0.25, 0.3) is 10.8 Å². The van der Waals surface area contributed by atoms with Crippen LogP contribution in [0.2, 0.25) is 5.02 Å². The topological polar surface area (TPSA) is 59.3 Å². The molecule has 0 aliphatic carbocycles. The quantitative estimate of drug-likeness (QED) is 0.253. The maximum atomic E-state index is 13.0. The molecule has 4 aromatic carbocycles. The van der Waals surface area contributed by atoms with Crippen molar-refractivity contribution in [2.75, 3.05) is 0 Å². The Bertz CT molecular complexity index is 1450. The number of fused-ring (bicyclic) bond motifs is 1. The van der Waals surface area contributed by atoms with Gasteiger partial charge in [0, 0.05) is 5.02 Å². The number of hydrogen-bond acceptors (Lipinski definition) is 4. The predicted molar refractivity (Wildman–Crippen MR) is 130 cm³/mol. The Balaban J connectivity index is 1.44. The van der Waals surface area contributed by atoms with Crippen molar-refractivity contribution in [2.45, 2.75) is 25.1 Å². The lowest BCUT2D eigenvalue weighted by Gasteiger charge is -2.17. The number of ketones is 1. The summed E-state index contributed by atoms with van der Waals surface area (Å²) in [4.78, 5) is 12.8. The smallest absolute Gasteiger partial charge is 0.416 e. The highest BCUT2D eigenvalue weighted by molar-refractivity contribution is 6.30. The summed E-state index contributed by atoms with van der Waals surface area (Å²) in [6.45, 7) is 1.56. The number of nitrogens with zero attached hydrogens (tertiary/aromatic N) is 1. The Morgan fingerprint density at radius 1 is 0.889 bits per heavy atom. The van der Waals surface area contributed by atoms with Gasteiger partial charge in [0.25, 0.3) is 0 Å². The second-order valence-electron chi connectivity index (χ2n) is 8.07. The highest BCUT2D eigenvalue weighted by atomic mass is 35.5. The Hall–Kier alpha value is -4.02. The minimum Gasteiger partial charge on any atom is -0.483 e. The molecule has 8 heteroatoms. The predicted octanol–water partition coefficient (Wildman–Crippen LogP) is 7.95. The van der Waals surface area contributed by atoms with Gasteiger partial charge in [0.2, 0.25) is 0 Å². The largest absolute Gasteiger partial charge is 0.483 e. The highest BCUT2D eigenvalue weighted by Crippen LogP contribution is 2.33. The van der Waals surface area contributed by atoms with E-state index in [4.69, 9.17) is 21.1 Å². The molecule has 0 aromatic heterocycles. The van der Waals surface area contributed by atoms with Crippen LogP contribution >= 0.6 is 11.6 Å². The van der Waals surface area contributed by atoms with E-state index in [0.717, 1.165) is 12.1 Å². The fourth-order valence-corrected chi connectivity index (χ4v) is 3.87. The van der Waals surface area contributed by atoms with E-state index in [9.17, 15) is 23.2 Å². The van der Waals surface area contributed by atoms with Crippen LogP contribution in [0.3, 0.4) is 0 Å². The zero-order chi connectivity index (χ0) is 25.9. The van der Waals surface area contributed by atoms with E-state index in [1.807, 2.05) is 6.07 Å². The average molecular weight is 510 g/mol. The SMILES string of the molecule is CC(Oc1ccc(Oc2ccc3ccc(C(F)(F)F)cc3c2)cc1)C(=O)C(C#N)c1cccc(Cl)c1. The maximum absolute atomic E-state index is 13.0. The summed E-state index contributed by atoms with van der Waals surface area (Å²) in [7, 11) is 0. The van der Waals surface area contributed by atoms with Crippen LogP contribution in [-0.2, 0) is 11.0 Å². The molecule has 0 bridgehead atoms. The van der Waals surface area contributed by atoms with Gasteiger partial charge in [-0.1, -0.05) is 35.9 Å². The molecule has 0 aliphatic rings. The molecule has 182 valence electrons. The number of alkyl halides is 3. The highest BCUT2D eigenvalue weighted by Gasteiger charge is 2.30. The Morgan fingerprint density at radius 2 is 1.56 bits per heavy atom. The molecule has 4 rings (SSSR count). The molecule has 0 saturated carbocycles. The molecule has 0 N–H and O–H groups in total. The molecule has 0 fully saturated rings. The number of nitriles is 1. The van der Waals surface area contributed by atoms with Gasteiger partial charge in [-0.2, -0.15) is 18.4 Å². The van der Waals surface area contributed by atoms with E-state index in [2.05, 4.69) is 0 Å². The number of carbonyl (C=O) groups excluding carboxylic acids is 1. The molecule has 0 radical (unpaired) electrons. The summed E-state index contributed by atoms with van der Waals surface area (Å²) < 4.78 is 50.6. The van der Waals surface area contributed by atoms with Crippen molar-refractivity contribution in [1.29, 1.82) is 5.26 Å². The van der Waals surface area contributed by atoms with Crippen LogP contribution in [0.4, 0.5) is 13.2 Å². The van der Waals surface area contributed by atoms with Gasteiger partial charge in [-0.15, -0.1) is 0 Å². The number of benzene rings is 4. The molecule has 0 saturated heterocycles. The first-order valence-electron chi connectivity index (χ1n) is 10.9. The first kappa shape index (κ1) is 25.1. The average Bonchev–Trinajstić information content (AvgIpc) is 2.84. The number of Topliss-reactive ketones (excluding diaryl/α,β-unsaturated/α-hetero) is 1. The lowest BCUT2D eigenvalue weighted by atomic mass is 9.93. The minimum absolute atomic E-state index is 0.373.